The van der Waals surface area contributed by atoms with Crippen LogP contribution in [0.25, 0.3) is 111 Å². The molecule has 0 bridgehead atoms. The van der Waals surface area contributed by atoms with E-state index in [1.807, 2.05) is 60.7 Å². The molecule has 4 heteroatoms. The van der Waals surface area contributed by atoms with Crippen LogP contribution in [0.5, 0.6) is 0 Å². The van der Waals surface area contributed by atoms with Crippen molar-refractivity contribution in [3.05, 3.63) is 182 Å². The molecule has 0 saturated carbocycles. The molecular formula is C50H30N2O2. The number of hydrogen-bond donors (Lipinski definition) is 0. The summed E-state index contributed by atoms with van der Waals surface area (Å²) < 4.78 is 12.8. The van der Waals surface area contributed by atoms with Gasteiger partial charge in [-0.1, -0.05) is 152 Å². The van der Waals surface area contributed by atoms with Crippen LogP contribution in [-0.2, 0) is 0 Å². The fourth-order valence-electron chi connectivity index (χ4n) is 8.04. The van der Waals surface area contributed by atoms with E-state index in [0.29, 0.717) is 17.3 Å². The number of hydrogen-bond acceptors (Lipinski definition) is 4. The summed E-state index contributed by atoms with van der Waals surface area (Å²) in [5.41, 5.74) is 10.6. The molecule has 0 atom stereocenters. The number of aromatic nitrogens is 2. The summed E-state index contributed by atoms with van der Waals surface area (Å²) in [5, 5.41) is 8.03. The Hall–Kier alpha value is -7.30. The number of para-hydroxylation sites is 3. The molecule has 8 aromatic carbocycles. The number of fused-ring (bicyclic) bond motifs is 6. The summed E-state index contributed by atoms with van der Waals surface area (Å²) in [4.78, 5) is 10.3. The number of rotatable bonds is 5. The Morgan fingerprint density at radius 1 is 0.352 bits per heavy atom. The SMILES string of the molecule is c1ccc(-c2c3ccccc3c(-c3ccc(-c4cc(-c5cc6ccccc6o5)nc(-c5cccc6c5oc5ccccc56)n4)cc3)c3ccccc23)cc1. The van der Waals surface area contributed by atoms with E-state index < -0.39 is 0 Å². The minimum atomic E-state index is 0.574. The Bertz CT molecular complexity index is 3120. The summed E-state index contributed by atoms with van der Waals surface area (Å²) >= 11 is 0. The third kappa shape index (κ3) is 4.85. The summed E-state index contributed by atoms with van der Waals surface area (Å²) in [6.45, 7) is 0. The van der Waals surface area contributed by atoms with Gasteiger partial charge in [-0.05, 0) is 74.1 Å². The Kier molecular flexibility index (Phi) is 6.82. The van der Waals surface area contributed by atoms with Gasteiger partial charge in [-0.2, -0.15) is 0 Å². The molecule has 54 heavy (non-hydrogen) atoms. The topological polar surface area (TPSA) is 52.1 Å². The lowest BCUT2D eigenvalue weighted by atomic mass is 9.86. The van der Waals surface area contributed by atoms with Gasteiger partial charge in [0.05, 0.1) is 11.3 Å². The van der Waals surface area contributed by atoms with Gasteiger partial charge >= 0.3 is 0 Å². The lowest BCUT2D eigenvalue weighted by Crippen LogP contribution is -1.96. The van der Waals surface area contributed by atoms with Crippen molar-refractivity contribution < 1.29 is 8.83 Å². The minimum absolute atomic E-state index is 0.574. The van der Waals surface area contributed by atoms with Crippen molar-refractivity contribution in [3.63, 3.8) is 0 Å². The molecule has 11 aromatic rings. The molecule has 0 radical (unpaired) electrons. The van der Waals surface area contributed by atoms with E-state index in [9.17, 15) is 0 Å². The molecule has 0 aliphatic heterocycles. The van der Waals surface area contributed by atoms with E-state index in [4.69, 9.17) is 18.8 Å². The van der Waals surface area contributed by atoms with Crippen molar-refractivity contribution in [1.29, 1.82) is 0 Å². The largest absolute Gasteiger partial charge is 0.455 e. The highest BCUT2D eigenvalue weighted by atomic mass is 16.3. The van der Waals surface area contributed by atoms with Gasteiger partial charge in [-0.3, -0.25) is 0 Å². The van der Waals surface area contributed by atoms with Crippen LogP contribution in [0.1, 0.15) is 0 Å². The summed E-state index contributed by atoms with van der Waals surface area (Å²) in [6, 6.07) is 63.4. The lowest BCUT2D eigenvalue weighted by Gasteiger charge is -2.18. The van der Waals surface area contributed by atoms with Crippen LogP contribution < -0.4 is 0 Å². The number of benzene rings is 8. The maximum Gasteiger partial charge on any atom is 0.164 e. The molecule has 0 aliphatic carbocycles. The van der Waals surface area contributed by atoms with Crippen molar-refractivity contribution in [3.8, 4) is 56.4 Å². The zero-order valence-corrected chi connectivity index (χ0v) is 29.0. The molecule has 3 aromatic heterocycles. The predicted molar refractivity (Wildman–Crippen MR) is 221 cm³/mol. The van der Waals surface area contributed by atoms with Crippen molar-refractivity contribution in [1.82, 2.24) is 9.97 Å². The normalized spacial score (nSPS) is 11.7. The Balaban J connectivity index is 1.09. The van der Waals surface area contributed by atoms with E-state index in [2.05, 4.69) is 121 Å². The van der Waals surface area contributed by atoms with Gasteiger partial charge in [-0.25, -0.2) is 9.97 Å². The molecule has 4 nitrogen and oxygen atoms in total. The molecule has 0 unspecified atom stereocenters. The second kappa shape index (κ2) is 12.1. The standard InChI is InChI=1S/C50H30N2O2/c1-2-13-32(14-3-1)47-36-17-5-7-19-38(36)48(39-20-8-6-18-37(39)47)33-27-25-31(26-28-33)42-30-43(46-29-34-15-4-10-23-44(34)53-46)52-50(51-42)41-22-12-21-40-35-16-9-11-24-45(35)54-49(40)41/h1-30H. The van der Waals surface area contributed by atoms with E-state index in [0.717, 1.165) is 55.3 Å². The molecule has 3 heterocycles. The summed E-state index contributed by atoms with van der Waals surface area (Å²) in [6.07, 6.45) is 0. The van der Waals surface area contributed by atoms with E-state index >= 15 is 0 Å². The van der Waals surface area contributed by atoms with E-state index in [1.165, 1.54) is 38.2 Å². The van der Waals surface area contributed by atoms with Crippen molar-refractivity contribution >= 4 is 54.5 Å². The third-order valence-electron chi connectivity index (χ3n) is 10.5. The fourth-order valence-corrected chi connectivity index (χ4v) is 8.04. The number of nitrogens with zero attached hydrogens (tertiary/aromatic N) is 2. The van der Waals surface area contributed by atoms with Gasteiger partial charge in [0.2, 0.25) is 0 Å². The van der Waals surface area contributed by atoms with Crippen LogP contribution in [0.2, 0.25) is 0 Å². The number of furan rings is 2. The zero-order valence-electron chi connectivity index (χ0n) is 29.0. The maximum absolute atomic E-state index is 6.45. The first kappa shape index (κ1) is 30.3. The summed E-state index contributed by atoms with van der Waals surface area (Å²) in [7, 11) is 0. The first-order valence-electron chi connectivity index (χ1n) is 18.2. The molecule has 0 saturated heterocycles. The monoisotopic (exact) mass is 690 g/mol. The van der Waals surface area contributed by atoms with Crippen molar-refractivity contribution in [2.24, 2.45) is 0 Å². The molecule has 0 N–H and O–H groups in total. The molecule has 11 rings (SSSR count). The van der Waals surface area contributed by atoms with Crippen LogP contribution in [0.4, 0.5) is 0 Å². The highest BCUT2D eigenvalue weighted by molar-refractivity contribution is 6.21. The smallest absolute Gasteiger partial charge is 0.164 e. The maximum atomic E-state index is 6.45. The third-order valence-corrected chi connectivity index (χ3v) is 10.5. The highest BCUT2D eigenvalue weighted by Crippen LogP contribution is 2.44. The molecule has 0 fully saturated rings. The van der Waals surface area contributed by atoms with Crippen molar-refractivity contribution in [2.45, 2.75) is 0 Å². The fraction of sp³-hybridized carbons (Fsp3) is 0. The lowest BCUT2D eigenvalue weighted by molar-refractivity contribution is 0.628. The van der Waals surface area contributed by atoms with Crippen LogP contribution in [-0.4, -0.2) is 9.97 Å². The van der Waals surface area contributed by atoms with E-state index in [1.54, 1.807) is 0 Å². The van der Waals surface area contributed by atoms with Crippen LogP contribution >= 0.6 is 0 Å². The van der Waals surface area contributed by atoms with Gasteiger partial charge in [0, 0.05) is 21.7 Å². The summed E-state index contributed by atoms with van der Waals surface area (Å²) in [5.74, 6) is 1.26. The quantitative estimate of drug-likeness (QED) is 0.169. The van der Waals surface area contributed by atoms with Gasteiger partial charge in [0.15, 0.2) is 11.6 Å². The molecule has 0 aliphatic rings. The predicted octanol–water partition coefficient (Wildman–Crippen LogP) is 13.8. The first-order valence-corrected chi connectivity index (χ1v) is 18.2. The van der Waals surface area contributed by atoms with Gasteiger partial charge in [0.25, 0.3) is 0 Å². The van der Waals surface area contributed by atoms with E-state index in [-0.39, 0.29) is 0 Å². The second-order valence-electron chi connectivity index (χ2n) is 13.7. The van der Waals surface area contributed by atoms with Crippen molar-refractivity contribution in [2.75, 3.05) is 0 Å². The Labute approximate surface area is 310 Å². The molecule has 0 amide bonds. The van der Waals surface area contributed by atoms with Gasteiger partial charge < -0.3 is 8.83 Å². The Morgan fingerprint density at radius 3 is 1.57 bits per heavy atom. The average molecular weight is 691 g/mol. The van der Waals surface area contributed by atoms with Crippen LogP contribution in [0, 0.1) is 0 Å². The zero-order chi connectivity index (χ0) is 35.6. The van der Waals surface area contributed by atoms with Gasteiger partial charge in [0.1, 0.15) is 22.4 Å². The minimum Gasteiger partial charge on any atom is -0.455 e. The molecule has 252 valence electrons. The first-order chi connectivity index (χ1) is 26.8. The average Bonchev–Trinajstić information content (AvgIpc) is 3.85. The highest BCUT2D eigenvalue weighted by Gasteiger charge is 2.20. The molecular weight excluding hydrogens is 661 g/mol. The van der Waals surface area contributed by atoms with Crippen LogP contribution in [0.3, 0.4) is 0 Å². The molecule has 0 spiro atoms. The van der Waals surface area contributed by atoms with Gasteiger partial charge in [-0.15, -0.1) is 0 Å². The Morgan fingerprint density at radius 2 is 0.889 bits per heavy atom. The van der Waals surface area contributed by atoms with Crippen LogP contribution in [0.15, 0.2) is 191 Å². The second-order valence-corrected chi connectivity index (χ2v) is 13.7.